The first-order valence-corrected chi connectivity index (χ1v) is 5.20. The van der Waals surface area contributed by atoms with Gasteiger partial charge in [0.05, 0.1) is 6.61 Å². The second-order valence-corrected chi connectivity index (χ2v) is 3.45. The van der Waals surface area contributed by atoms with Crippen LogP contribution in [0.1, 0.15) is 19.4 Å². The molecule has 0 atom stereocenters. The van der Waals surface area contributed by atoms with E-state index < -0.39 is 0 Å². The SMILES string of the molecule is CCOc1nc2nn(C)cc2cc1CC. The van der Waals surface area contributed by atoms with Gasteiger partial charge in [-0.15, -0.1) is 0 Å². The lowest BCUT2D eigenvalue weighted by atomic mass is 10.2. The standard InChI is InChI=1S/C11H15N3O/c1-4-8-6-9-7-14(3)13-10(9)12-11(8)15-5-2/h6-7H,4-5H2,1-3H3. The lowest BCUT2D eigenvalue weighted by Gasteiger charge is -2.06. The maximum absolute atomic E-state index is 5.48. The predicted octanol–water partition coefficient (Wildman–Crippen LogP) is 1.93. The van der Waals surface area contributed by atoms with Gasteiger partial charge in [-0.3, -0.25) is 4.68 Å². The summed E-state index contributed by atoms with van der Waals surface area (Å²) in [6.07, 6.45) is 2.89. The molecule has 0 saturated carbocycles. The first kappa shape index (κ1) is 9.96. The molecule has 0 aliphatic heterocycles. The molecule has 2 heterocycles. The second-order valence-electron chi connectivity index (χ2n) is 3.45. The van der Waals surface area contributed by atoms with E-state index in [4.69, 9.17) is 4.74 Å². The number of aryl methyl sites for hydroxylation is 2. The summed E-state index contributed by atoms with van der Waals surface area (Å²) >= 11 is 0. The highest BCUT2D eigenvalue weighted by Gasteiger charge is 2.08. The van der Waals surface area contributed by atoms with E-state index in [9.17, 15) is 0 Å². The number of hydrogen-bond acceptors (Lipinski definition) is 3. The molecule has 0 N–H and O–H groups in total. The molecule has 0 aliphatic carbocycles. The van der Waals surface area contributed by atoms with E-state index in [0.717, 1.165) is 23.0 Å². The summed E-state index contributed by atoms with van der Waals surface area (Å²) in [6, 6.07) is 2.10. The summed E-state index contributed by atoms with van der Waals surface area (Å²) in [5.74, 6) is 0.714. The number of pyridine rings is 1. The van der Waals surface area contributed by atoms with Gasteiger partial charge in [-0.25, -0.2) is 0 Å². The van der Waals surface area contributed by atoms with Crippen molar-refractivity contribution in [1.29, 1.82) is 0 Å². The molecule has 0 aromatic carbocycles. The van der Waals surface area contributed by atoms with Gasteiger partial charge in [0, 0.05) is 24.2 Å². The van der Waals surface area contributed by atoms with Gasteiger partial charge in [0.2, 0.25) is 5.88 Å². The maximum Gasteiger partial charge on any atom is 0.218 e. The normalized spacial score (nSPS) is 10.9. The van der Waals surface area contributed by atoms with Crippen molar-refractivity contribution >= 4 is 11.0 Å². The van der Waals surface area contributed by atoms with Crippen LogP contribution >= 0.6 is 0 Å². The fraction of sp³-hybridized carbons (Fsp3) is 0.455. The quantitative estimate of drug-likeness (QED) is 0.768. The van der Waals surface area contributed by atoms with Crippen LogP contribution < -0.4 is 4.74 Å². The van der Waals surface area contributed by atoms with Crippen molar-refractivity contribution < 1.29 is 4.74 Å². The molecule has 4 nitrogen and oxygen atoms in total. The fourth-order valence-electron chi connectivity index (χ4n) is 1.62. The molecule has 2 aromatic heterocycles. The zero-order chi connectivity index (χ0) is 10.8. The van der Waals surface area contributed by atoms with Gasteiger partial charge in [0.1, 0.15) is 0 Å². The first-order valence-electron chi connectivity index (χ1n) is 5.20. The average molecular weight is 205 g/mol. The number of rotatable bonds is 3. The van der Waals surface area contributed by atoms with Gasteiger partial charge in [-0.1, -0.05) is 6.92 Å². The van der Waals surface area contributed by atoms with E-state index in [1.54, 1.807) is 4.68 Å². The Bertz CT molecular complexity index is 476. The van der Waals surface area contributed by atoms with Crippen LogP contribution in [-0.2, 0) is 13.5 Å². The van der Waals surface area contributed by atoms with Gasteiger partial charge >= 0.3 is 0 Å². The largest absolute Gasteiger partial charge is 0.478 e. The monoisotopic (exact) mass is 205 g/mol. The fourth-order valence-corrected chi connectivity index (χ4v) is 1.62. The molecule has 0 saturated heterocycles. The lowest BCUT2D eigenvalue weighted by molar-refractivity contribution is 0.324. The molecule has 0 radical (unpaired) electrons. The summed E-state index contributed by atoms with van der Waals surface area (Å²) < 4.78 is 7.26. The third-order valence-corrected chi connectivity index (χ3v) is 2.31. The number of nitrogens with zero attached hydrogens (tertiary/aromatic N) is 3. The van der Waals surface area contributed by atoms with Crippen molar-refractivity contribution in [2.45, 2.75) is 20.3 Å². The van der Waals surface area contributed by atoms with Gasteiger partial charge in [0.15, 0.2) is 5.65 Å². The number of fused-ring (bicyclic) bond motifs is 1. The summed E-state index contributed by atoms with van der Waals surface area (Å²) in [4.78, 5) is 4.40. The van der Waals surface area contributed by atoms with Crippen molar-refractivity contribution in [2.24, 2.45) is 7.05 Å². The minimum atomic E-state index is 0.637. The second kappa shape index (κ2) is 3.88. The molecule has 2 rings (SSSR count). The number of aromatic nitrogens is 3. The van der Waals surface area contributed by atoms with Gasteiger partial charge in [0.25, 0.3) is 0 Å². The molecule has 4 heteroatoms. The average Bonchev–Trinajstić information content (AvgIpc) is 2.56. The Hall–Kier alpha value is -1.58. The predicted molar refractivity (Wildman–Crippen MR) is 59.1 cm³/mol. The first-order chi connectivity index (χ1) is 7.24. The molecule has 0 spiro atoms. The zero-order valence-corrected chi connectivity index (χ0v) is 9.32. The summed E-state index contributed by atoms with van der Waals surface area (Å²) in [5, 5.41) is 5.32. The topological polar surface area (TPSA) is 39.9 Å². The van der Waals surface area contributed by atoms with Crippen LogP contribution in [-0.4, -0.2) is 21.4 Å². The summed E-state index contributed by atoms with van der Waals surface area (Å²) in [5.41, 5.74) is 1.88. The molecule has 0 amide bonds. The van der Waals surface area contributed by atoms with Gasteiger partial charge in [-0.2, -0.15) is 10.1 Å². The van der Waals surface area contributed by atoms with E-state index in [0.29, 0.717) is 12.5 Å². The number of ether oxygens (including phenoxy) is 1. The Kier molecular flexibility index (Phi) is 2.58. The Morgan fingerprint density at radius 3 is 2.87 bits per heavy atom. The van der Waals surface area contributed by atoms with Crippen molar-refractivity contribution in [3.63, 3.8) is 0 Å². The van der Waals surface area contributed by atoms with Crippen LogP contribution in [0, 0.1) is 0 Å². The van der Waals surface area contributed by atoms with E-state index in [1.807, 2.05) is 20.2 Å². The van der Waals surface area contributed by atoms with Crippen molar-refractivity contribution in [2.75, 3.05) is 6.61 Å². The molecular formula is C11H15N3O. The molecular weight excluding hydrogens is 190 g/mol. The third kappa shape index (κ3) is 1.79. The molecule has 80 valence electrons. The van der Waals surface area contributed by atoms with Crippen LogP contribution in [0.4, 0.5) is 0 Å². The van der Waals surface area contributed by atoms with E-state index in [2.05, 4.69) is 23.1 Å². The van der Waals surface area contributed by atoms with E-state index >= 15 is 0 Å². The summed E-state index contributed by atoms with van der Waals surface area (Å²) in [7, 11) is 1.90. The van der Waals surface area contributed by atoms with Crippen LogP contribution in [0.2, 0.25) is 0 Å². The van der Waals surface area contributed by atoms with E-state index in [-0.39, 0.29) is 0 Å². The Labute approximate surface area is 88.9 Å². The Morgan fingerprint density at radius 2 is 2.20 bits per heavy atom. The van der Waals surface area contributed by atoms with Crippen LogP contribution in [0.25, 0.3) is 11.0 Å². The van der Waals surface area contributed by atoms with Gasteiger partial charge < -0.3 is 4.74 Å². The van der Waals surface area contributed by atoms with Crippen molar-refractivity contribution in [3.8, 4) is 5.88 Å². The summed E-state index contributed by atoms with van der Waals surface area (Å²) in [6.45, 7) is 4.70. The Balaban J connectivity index is 2.57. The zero-order valence-electron chi connectivity index (χ0n) is 9.32. The molecule has 2 aromatic rings. The number of hydrogen-bond donors (Lipinski definition) is 0. The maximum atomic E-state index is 5.48. The highest BCUT2D eigenvalue weighted by Crippen LogP contribution is 2.21. The minimum absolute atomic E-state index is 0.637. The van der Waals surface area contributed by atoms with E-state index in [1.165, 1.54) is 0 Å². The molecule has 0 bridgehead atoms. The van der Waals surface area contributed by atoms with Crippen molar-refractivity contribution in [1.82, 2.24) is 14.8 Å². The molecule has 15 heavy (non-hydrogen) atoms. The highest BCUT2D eigenvalue weighted by atomic mass is 16.5. The van der Waals surface area contributed by atoms with Crippen LogP contribution in [0.5, 0.6) is 5.88 Å². The van der Waals surface area contributed by atoms with Crippen LogP contribution in [0.3, 0.4) is 0 Å². The molecule has 0 fully saturated rings. The third-order valence-electron chi connectivity index (χ3n) is 2.31. The van der Waals surface area contributed by atoms with Crippen molar-refractivity contribution in [3.05, 3.63) is 17.8 Å². The molecule has 0 unspecified atom stereocenters. The highest BCUT2D eigenvalue weighted by molar-refractivity contribution is 5.75. The minimum Gasteiger partial charge on any atom is -0.478 e. The smallest absolute Gasteiger partial charge is 0.218 e. The Morgan fingerprint density at radius 1 is 1.40 bits per heavy atom. The molecule has 0 aliphatic rings. The van der Waals surface area contributed by atoms with Crippen LogP contribution in [0.15, 0.2) is 12.3 Å². The lowest BCUT2D eigenvalue weighted by Crippen LogP contribution is -1.99. The van der Waals surface area contributed by atoms with Gasteiger partial charge in [-0.05, 0) is 19.4 Å².